The van der Waals surface area contributed by atoms with Gasteiger partial charge in [-0.3, -0.25) is 0 Å². The van der Waals surface area contributed by atoms with Gasteiger partial charge in [-0.05, 0) is 63.4 Å². The summed E-state index contributed by atoms with van der Waals surface area (Å²) >= 11 is 0. The molecule has 1 saturated heterocycles. The van der Waals surface area contributed by atoms with Crippen molar-refractivity contribution in [3.8, 4) is 6.07 Å². The summed E-state index contributed by atoms with van der Waals surface area (Å²) in [6.07, 6.45) is 5.26. The molecule has 0 amide bonds. The fourth-order valence-corrected chi connectivity index (χ4v) is 2.90. The summed E-state index contributed by atoms with van der Waals surface area (Å²) in [5.74, 6) is 0. The Morgan fingerprint density at radius 2 is 2.25 bits per heavy atom. The largest absolute Gasteiger partial charge is 0.385 e. The van der Waals surface area contributed by atoms with Gasteiger partial charge >= 0.3 is 0 Å². The first-order chi connectivity index (χ1) is 9.70. The van der Waals surface area contributed by atoms with Crippen LogP contribution >= 0.6 is 0 Å². The van der Waals surface area contributed by atoms with Crippen molar-refractivity contribution >= 4 is 5.69 Å². The second-order valence-corrected chi connectivity index (χ2v) is 5.80. The highest BCUT2D eigenvalue weighted by Crippen LogP contribution is 2.17. The van der Waals surface area contributed by atoms with Crippen LogP contribution in [0.15, 0.2) is 18.2 Å². The molecule has 108 valence electrons. The van der Waals surface area contributed by atoms with E-state index < -0.39 is 0 Å². The second-order valence-electron chi connectivity index (χ2n) is 5.80. The van der Waals surface area contributed by atoms with Gasteiger partial charge in [-0.15, -0.1) is 0 Å². The zero-order chi connectivity index (χ0) is 14.4. The Balaban J connectivity index is 1.73. The number of hydrogen-bond acceptors (Lipinski definition) is 3. The van der Waals surface area contributed by atoms with Crippen molar-refractivity contribution in [3.63, 3.8) is 0 Å². The van der Waals surface area contributed by atoms with Gasteiger partial charge in [-0.1, -0.05) is 6.42 Å². The Kier molecular flexibility index (Phi) is 5.43. The van der Waals surface area contributed by atoms with E-state index in [2.05, 4.69) is 29.3 Å². The Bertz CT molecular complexity index is 476. The normalized spacial score (nSPS) is 19.6. The predicted molar refractivity (Wildman–Crippen MR) is 83.9 cm³/mol. The third kappa shape index (κ3) is 3.98. The number of aryl methyl sites for hydroxylation is 1. The molecular weight excluding hydrogens is 246 g/mol. The Morgan fingerprint density at radius 1 is 1.40 bits per heavy atom. The number of rotatable bonds is 5. The van der Waals surface area contributed by atoms with Gasteiger partial charge < -0.3 is 10.2 Å². The van der Waals surface area contributed by atoms with Crippen LogP contribution in [0.3, 0.4) is 0 Å². The molecule has 0 saturated carbocycles. The standard InChI is InChI=1S/C17H25N3/c1-14-12-17(8-7-16(14)13-18)19-9-5-11-20-10-4-3-6-15(20)2/h7-8,12,15,19H,3-6,9-11H2,1-2H3. The number of nitriles is 1. The fraction of sp³-hybridized carbons (Fsp3) is 0.588. The van der Waals surface area contributed by atoms with Crippen LogP contribution in [-0.4, -0.2) is 30.6 Å². The minimum absolute atomic E-state index is 0.751. The summed E-state index contributed by atoms with van der Waals surface area (Å²) < 4.78 is 0. The van der Waals surface area contributed by atoms with Gasteiger partial charge in [0.1, 0.15) is 0 Å². The van der Waals surface area contributed by atoms with Gasteiger partial charge in [-0.25, -0.2) is 0 Å². The van der Waals surface area contributed by atoms with Gasteiger partial charge in [0.25, 0.3) is 0 Å². The van der Waals surface area contributed by atoms with Gasteiger partial charge in [0, 0.05) is 24.8 Å². The van der Waals surface area contributed by atoms with Crippen LogP contribution in [0.1, 0.15) is 43.7 Å². The van der Waals surface area contributed by atoms with Crippen LogP contribution in [0.25, 0.3) is 0 Å². The van der Waals surface area contributed by atoms with Crippen LogP contribution in [0.2, 0.25) is 0 Å². The highest BCUT2D eigenvalue weighted by atomic mass is 15.2. The quantitative estimate of drug-likeness (QED) is 0.833. The smallest absolute Gasteiger partial charge is 0.0994 e. The van der Waals surface area contributed by atoms with E-state index in [1.54, 1.807) is 0 Å². The minimum atomic E-state index is 0.751. The van der Waals surface area contributed by atoms with E-state index in [0.29, 0.717) is 0 Å². The lowest BCUT2D eigenvalue weighted by molar-refractivity contribution is 0.160. The van der Waals surface area contributed by atoms with Crippen LogP contribution in [0.4, 0.5) is 5.69 Å². The first-order valence-electron chi connectivity index (χ1n) is 7.69. The zero-order valence-corrected chi connectivity index (χ0v) is 12.7. The maximum absolute atomic E-state index is 8.92. The molecule has 0 bridgehead atoms. The van der Waals surface area contributed by atoms with E-state index in [1.165, 1.54) is 38.8 Å². The maximum Gasteiger partial charge on any atom is 0.0994 e. The van der Waals surface area contributed by atoms with Crippen LogP contribution < -0.4 is 5.32 Å². The molecule has 0 aliphatic carbocycles. The first-order valence-corrected chi connectivity index (χ1v) is 7.69. The molecule has 0 aromatic heterocycles. The van der Waals surface area contributed by atoms with Gasteiger partial charge in [0.05, 0.1) is 11.6 Å². The molecule has 1 atom stereocenters. The van der Waals surface area contributed by atoms with E-state index in [1.807, 2.05) is 19.1 Å². The van der Waals surface area contributed by atoms with Crippen molar-refractivity contribution in [1.29, 1.82) is 5.26 Å². The van der Waals surface area contributed by atoms with E-state index in [9.17, 15) is 0 Å². The molecule has 1 aliphatic rings. The SMILES string of the molecule is Cc1cc(NCCCN2CCCCC2C)ccc1C#N. The van der Waals surface area contributed by atoms with Crippen molar-refractivity contribution in [3.05, 3.63) is 29.3 Å². The Labute approximate surface area is 122 Å². The number of benzene rings is 1. The number of piperidine rings is 1. The monoisotopic (exact) mass is 271 g/mol. The average molecular weight is 271 g/mol. The lowest BCUT2D eigenvalue weighted by Gasteiger charge is -2.33. The van der Waals surface area contributed by atoms with E-state index in [0.717, 1.165) is 29.4 Å². The van der Waals surface area contributed by atoms with E-state index in [-0.39, 0.29) is 0 Å². The highest BCUT2D eigenvalue weighted by molar-refractivity contribution is 5.51. The van der Waals surface area contributed by atoms with Crippen molar-refractivity contribution in [2.75, 3.05) is 25.0 Å². The average Bonchev–Trinajstić information content (AvgIpc) is 2.45. The molecule has 1 fully saturated rings. The molecule has 0 spiro atoms. The lowest BCUT2D eigenvalue weighted by Crippen LogP contribution is -2.38. The molecular formula is C17H25N3. The second kappa shape index (κ2) is 7.31. The Morgan fingerprint density at radius 3 is 2.95 bits per heavy atom. The Hall–Kier alpha value is -1.53. The maximum atomic E-state index is 8.92. The van der Waals surface area contributed by atoms with Gasteiger partial charge in [0.15, 0.2) is 0 Å². The number of likely N-dealkylation sites (tertiary alicyclic amines) is 1. The molecule has 2 rings (SSSR count). The number of hydrogen-bond donors (Lipinski definition) is 1. The molecule has 20 heavy (non-hydrogen) atoms. The summed E-state index contributed by atoms with van der Waals surface area (Å²) in [6, 6.07) is 8.90. The minimum Gasteiger partial charge on any atom is -0.385 e. The molecule has 0 radical (unpaired) electrons. The summed E-state index contributed by atoms with van der Waals surface area (Å²) in [4.78, 5) is 2.61. The van der Waals surface area contributed by atoms with Gasteiger partial charge in [-0.2, -0.15) is 5.26 Å². The highest BCUT2D eigenvalue weighted by Gasteiger charge is 2.16. The van der Waals surface area contributed by atoms with Gasteiger partial charge in [0.2, 0.25) is 0 Å². The zero-order valence-electron chi connectivity index (χ0n) is 12.7. The predicted octanol–water partition coefficient (Wildman–Crippen LogP) is 3.54. The summed E-state index contributed by atoms with van der Waals surface area (Å²) in [5.41, 5.74) is 2.92. The molecule has 1 aromatic rings. The van der Waals surface area contributed by atoms with Crippen molar-refractivity contribution in [2.45, 2.75) is 45.6 Å². The first kappa shape index (κ1) is 14.9. The van der Waals surface area contributed by atoms with Crippen LogP contribution in [0.5, 0.6) is 0 Å². The van der Waals surface area contributed by atoms with Crippen LogP contribution in [0, 0.1) is 18.3 Å². The van der Waals surface area contributed by atoms with E-state index in [4.69, 9.17) is 5.26 Å². The van der Waals surface area contributed by atoms with Crippen molar-refractivity contribution in [1.82, 2.24) is 4.90 Å². The van der Waals surface area contributed by atoms with Crippen molar-refractivity contribution < 1.29 is 0 Å². The molecule has 3 nitrogen and oxygen atoms in total. The summed E-state index contributed by atoms with van der Waals surface area (Å²) in [6.45, 7) is 7.77. The molecule has 3 heteroatoms. The summed E-state index contributed by atoms with van der Waals surface area (Å²) in [7, 11) is 0. The third-order valence-electron chi connectivity index (χ3n) is 4.24. The topological polar surface area (TPSA) is 39.1 Å². The van der Waals surface area contributed by atoms with Crippen molar-refractivity contribution in [2.24, 2.45) is 0 Å². The lowest BCUT2D eigenvalue weighted by atomic mass is 10.0. The molecule has 1 aromatic carbocycles. The fourth-order valence-electron chi connectivity index (χ4n) is 2.90. The summed E-state index contributed by atoms with van der Waals surface area (Å²) in [5, 5.41) is 12.4. The number of nitrogens with one attached hydrogen (secondary N) is 1. The third-order valence-corrected chi connectivity index (χ3v) is 4.24. The molecule has 1 heterocycles. The number of nitrogens with zero attached hydrogens (tertiary/aromatic N) is 2. The number of anilines is 1. The molecule has 1 N–H and O–H groups in total. The molecule has 1 aliphatic heterocycles. The molecule has 1 unspecified atom stereocenters. The van der Waals surface area contributed by atoms with E-state index >= 15 is 0 Å². The van der Waals surface area contributed by atoms with Crippen LogP contribution in [-0.2, 0) is 0 Å².